The van der Waals surface area contributed by atoms with Crippen LogP contribution in [0.4, 0.5) is 0 Å². The van der Waals surface area contributed by atoms with E-state index in [1.807, 2.05) is 0 Å². The molecule has 1 saturated heterocycles. The predicted molar refractivity (Wildman–Crippen MR) is 150 cm³/mol. The largest absolute Gasteiger partial charge is 0.493 e. The molecule has 0 spiro atoms. The summed E-state index contributed by atoms with van der Waals surface area (Å²) in [6, 6.07) is 13.4. The Labute approximate surface area is 213 Å². The van der Waals surface area contributed by atoms with E-state index in [0.29, 0.717) is 12.5 Å². The third kappa shape index (κ3) is 5.72. The van der Waals surface area contributed by atoms with E-state index in [2.05, 4.69) is 95.1 Å². The molecule has 2 heterocycles. The van der Waals surface area contributed by atoms with Gasteiger partial charge in [0.2, 0.25) is 0 Å². The number of aryl methyl sites for hydroxylation is 3. The van der Waals surface area contributed by atoms with Gasteiger partial charge in [-0.3, -0.25) is 4.99 Å². The summed E-state index contributed by atoms with van der Waals surface area (Å²) in [4.78, 5) is 7.72. The number of rotatable bonds is 9. The Bertz CT molecular complexity index is 1050. The lowest BCUT2D eigenvalue weighted by molar-refractivity contribution is 0.154. The van der Waals surface area contributed by atoms with Gasteiger partial charge in [-0.25, -0.2) is 0 Å². The SMILES string of the molecule is CCc1cccc(CC)c1C1=CC(C)(CN2CCCC2)C(COc2cc(C(C)C)ccc2C)C=N1. The number of ether oxygens (including phenoxy) is 1. The maximum Gasteiger partial charge on any atom is 0.122 e. The van der Waals surface area contributed by atoms with E-state index >= 15 is 0 Å². The molecule has 2 aliphatic heterocycles. The number of hydrogen-bond donors (Lipinski definition) is 0. The minimum Gasteiger partial charge on any atom is -0.493 e. The molecule has 1 fully saturated rings. The van der Waals surface area contributed by atoms with Crippen molar-refractivity contribution in [3.05, 3.63) is 70.3 Å². The molecule has 0 aromatic heterocycles. The monoisotopic (exact) mass is 472 g/mol. The second-order valence-corrected chi connectivity index (χ2v) is 11.1. The fourth-order valence-electron chi connectivity index (χ4n) is 5.64. The molecule has 0 saturated carbocycles. The summed E-state index contributed by atoms with van der Waals surface area (Å²) in [6.07, 6.45) is 9.33. The van der Waals surface area contributed by atoms with Crippen molar-refractivity contribution in [2.45, 2.75) is 73.1 Å². The number of hydrogen-bond acceptors (Lipinski definition) is 3. The molecule has 2 aliphatic rings. The zero-order valence-electron chi connectivity index (χ0n) is 22.7. The second-order valence-electron chi connectivity index (χ2n) is 11.1. The van der Waals surface area contributed by atoms with Crippen molar-refractivity contribution in [3.8, 4) is 5.75 Å². The van der Waals surface area contributed by atoms with Crippen LogP contribution in [-0.2, 0) is 12.8 Å². The number of nitrogens with zero attached hydrogens (tertiary/aromatic N) is 2. The molecular formula is C32H44N2O. The Morgan fingerprint density at radius 3 is 2.37 bits per heavy atom. The van der Waals surface area contributed by atoms with Crippen molar-refractivity contribution >= 4 is 11.9 Å². The average Bonchev–Trinajstić information content (AvgIpc) is 3.35. The van der Waals surface area contributed by atoms with Crippen LogP contribution in [0.2, 0.25) is 0 Å². The normalized spacial score (nSPS) is 22.6. The predicted octanol–water partition coefficient (Wildman–Crippen LogP) is 7.47. The zero-order valence-corrected chi connectivity index (χ0v) is 22.7. The fraction of sp³-hybridized carbons (Fsp3) is 0.531. The van der Waals surface area contributed by atoms with Crippen molar-refractivity contribution in [2.75, 3.05) is 26.2 Å². The van der Waals surface area contributed by atoms with Crippen molar-refractivity contribution in [2.24, 2.45) is 16.3 Å². The molecule has 0 bridgehead atoms. The standard InChI is InChI=1S/C32H44N2O/c1-7-25-12-11-13-26(8-2)31(25)29-19-32(6,22-34-16-9-10-17-34)28(20-33-29)21-35-30-18-27(23(3)4)15-14-24(30)5/h11-15,18-20,23,28H,7-10,16-17,21-22H2,1-6H3. The highest BCUT2D eigenvalue weighted by Crippen LogP contribution is 2.40. The van der Waals surface area contributed by atoms with Gasteiger partial charge in [-0.15, -0.1) is 0 Å². The van der Waals surface area contributed by atoms with E-state index in [-0.39, 0.29) is 11.3 Å². The first-order valence-electron chi connectivity index (χ1n) is 13.7. The second kappa shape index (κ2) is 11.1. The van der Waals surface area contributed by atoms with Crippen LogP contribution < -0.4 is 4.74 Å². The lowest BCUT2D eigenvalue weighted by atomic mass is 9.74. The van der Waals surface area contributed by atoms with Crippen molar-refractivity contribution in [1.29, 1.82) is 0 Å². The first kappa shape index (κ1) is 25.7. The highest BCUT2D eigenvalue weighted by atomic mass is 16.5. The van der Waals surface area contributed by atoms with E-state index in [1.165, 1.54) is 53.7 Å². The molecule has 2 aromatic rings. The van der Waals surface area contributed by atoms with Gasteiger partial charge in [-0.1, -0.05) is 71.0 Å². The zero-order chi connectivity index (χ0) is 25.0. The van der Waals surface area contributed by atoms with Crippen molar-refractivity contribution in [3.63, 3.8) is 0 Å². The smallest absolute Gasteiger partial charge is 0.122 e. The average molecular weight is 473 g/mol. The molecule has 0 N–H and O–H groups in total. The Morgan fingerprint density at radius 1 is 1.06 bits per heavy atom. The van der Waals surface area contributed by atoms with Gasteiger partial charge in [-0.05, 0) is 79.9 Å². The minimum absolute atomic E-state index is 0.0309. The van der Waals surface area contributed by atoms with E-state index in [0.717, 1.165) is 30.8 Å². The Kier molecular flexibility index (Phi) is 8.16. The highest BCUT2D eigenvalue weighted by molar-refractivity contribution is 5.82. The third-order valence-electron chi connectivity index (χ3n) is 8.02. The first-order valence-corrected chi connectivity index (χ1v) is 13.7. The molecule has 2 atom stereocenters. The van der Waals surface area contributed by atoms with Crippen molar-refractivity contribution < 1.29 is 4.74 Å². The lowest BCUT2D eigenvalue weighted by Crippen LogP contribution is -2.42. The summed E-state index contributed by atoms with van der Waals surface area (Å²) < 4.78 is 6.52. The molecule has 3 heteroatoms. The lowest BCUT2D eigenvalue weighted by Gasteiger charge is -2.39. The maximum atomic E-state index is 6.52. The number of benzene rings is 2. The molecule has 3 nitrogen and oxygen atoms in total. The fourth-order valence-corrected chi connectivity index (χ4v) is 5.64. The molecule has 2 unspecified atom stereocenters. The van der Waals surface area contributed by atoms with Crippen LogP contribution in [0, 0.1) is 18.3 Å². The van der Waals surface area contributed by atoms with Gasteiger partial charge in [0, 0.05) is 29.7 Å². The van der Waals surface area contributed by atoms with Crippen molar-refractivity contribution in [1.82, 2.24) is 4.90 Å². The summed E-state index contributed by atoms with van der Waals surface area (Å²) in [6.45, 7) is 17.6. The van der Waals surface area contributed by atoms with Crippen LogP contribution in [0.25, 0.3) is 5.70 Å². The van der Waals surface area contributed by atoms with Crippen LogP contribution in [0.15, 0.2) is 47.5 Å². The van der Waals surface area contributed by atoms with Gasteiger partial charge in [-0.2, -0.15) is 0 Å². The minimum atomic E-state index is -0.0309. The van der Waals surface area contributed by atoms with E-state index < -0.39 is 0 Å². The van der Waals surface area contributed by atoms with Gasteiger partial charge < -0.3 is 9.64 Å². The summed E-state index contributed by atoms with van der Waals surface area (Å²) in [5, 5.41) is 0. The Morgan fingerprint density at radius 2 is 1.74 bits per heavy atom. The molecule has 0 aliphatic carbocycles. The quantitative estimate of drug-likeness (QED) is 0.378. The molecule has 4 rings (SSSR count). The maximum absolute atomic E-state index is 6.52. The summed E-state index contributed by atoms with van der Waals surface area (Å²) in [5.74, 6) is 1.73. The van der Waals surface area contributed by atoms with Gasteiger partial charge >= 0.3 is 0 Å². The van der Waals surface area contributed by atoms with Gasteiger partial charge in [0.05, 0.1) is 12.3 Å². The van der Waals surface area contributed by atoms with Crippen LogP contribution in [0.3, 0.4) is 0 Å². The van der Waals surface area contributed by atoms with E-state index in [1.54, 1.807) is 0 Å². The van der Waals surface area contributed by atoms with Crippen LogP contribution in [0.5, 0.6) is 5.75 Å². The topological polar surface area (TPSA) is 24.8 Å². The molecular weight excluding hydrogens is 428 g/mol. The summed E-state index contributed by atoms with van der Waals surface area (Å²) in [7, 11) is 0. The number of likely N-dealkylation sites (tertiary alicyclic amines) is 1. The Balaban J connectivity index is 1.65. The molecule has 188 valence electrons. The highest BCUT2D eigenvalue weighted by Gasteiger charge is 2.37. The van der Waals surface area contributed by atoms with Crippen LogP contribution in [-0.4, -0.2) is 37.4 Å². The van der Waals surface area contributed by atoms with E-state index in [9.17, 15) is 0 Å². The van der Waals surface area contributed by atoms with Crippen LogP contribution in [0.1, 0.15) is 81.2 Å². The third-order valence-corrected chi connectivity index (χ3v) is 8.02. The van der Waals surface area contributed by atoms with E-state index in [4.69, 9.17) is 9.73 Å². The summed E-state index contributed by atoms with van der Waals surface area (Å²) >= 11 is 0. The number of aliphatic imine (C=N–C) groups is 1. The van der Waals surface area contributed by atoms with Gasteiger partial charge in [0.1, 0.15) is 5.75 Å². The van der Waals surface area contributed by atoms with Crippen LogP contribution >= 0.6 is 0 Å². The molecule has 0 amide bonds. The molecule has 2 aromatic carbocycles. The molecule has 0 radical (unpaired) electrons. The molecule has 35 heavy (non-hydrogen) atoms. The van der Waals surface area contributed by atoms with Gasteiger partial charge in [0.15, 0.2) is 0 Å². The van der Waals surface area contributed by atoms with Gasteiger partial charge in [0.25, 0.3) is 0 Å². The summed E-state index contributed by atoms with van der Waals surface area (Å²) in [5.41, 5.74) is 7.78. The first-order chi connectivity index (χ1) is 16.8. The Hall–Kier alpha value is -2.39.